The van der Waals surface area contributed by atoms with Gasteiger partial charge in [0.05, 0.1) is 0 Å². The first kappa shape index (κ1) is 45.1. The smallest absolute Gasteiger partial charge is 0.00698 e. The molecule has 1 radical (unpaired) electrons. The van der Waals surface area contributed by atoms with Crippen LogP contribution in [-0.4, -0.2) is 0 Å². The molecule has 36 heavy (non-hydrogen) atoms. The predicted molar refractivity (Wildman–Crippen MR) is 168 cm³/mol. The third-order valence-corrected chi connectivity index (χ3v) is 5.77. The van der Waals surface area contributed by atoms with Crippen molar-refractivity contribution in [1.82, 2.24) is 0 Å². The van der Waals surface area contributed by atoms with E-state index >= 15 is 0 Å². The van der Waals surface area contributed by atoms with Crippen molar-refractivity contribution < 1.29 is 22.4 Å². The zero-order valence-electron chi connectivity index (χ0n) is 27.2. The molecule has 0 saturated carbocycles. The van der Waals surface area contributed by atoms with Crippen LogP contribution in [-0.2, 0) is 22.4 Å². The molecule has 0 spiro atoms. The minimum Gasteiger partial charge on any atom is -0.358 e. The van der Waals surface area contributed by atoms with E-state index in [0.29, 0.717) is 17.8 Å². The van der Waals surface area contributed by atoms with Crippen molar-refractivity contribution in [2.45, 2.75) is 140 Å². The van der Waals surface area contributed by atoms with Crippen molar-refractivity contribution in [1.29, 1.82) is 0 Å². The Morgan fingerprint density at radius 3 is 1.22 bits per heavy atom. The van der Waals surface area contributed by atoms with Crippen molar-refractivity contribution in [3.8, 4) is 0 Å². The largest absolute Gasteiger partial charge is 0.358 e. The second-order valence-electron chi connectivity index (χ2n) is 9.80. The average molecular weight is 682 g/mol. The van der Waals surface area contributed by atoms with Crippen LogP contribution in [0.4, 0.5) is 0 Å². The quantitative estimate of drug-likeness (QED) is 0.223. The number of unbranched alkanes of at least 4 members (excludes halogenated alkanes) is 1. The number of hydrogen-bond acceptors (Lipinski definition) is 0. The summed E-state index contributed by atoms with van der Waals surface area (Å²) in [7, 11) is 0. The van der Waals surface area contributed by atoms with E-state index in [1.54, 1.807) is 16.7 Å². The average Bonchev–Trinajstić information content (AvgIpc) is 3.46. The standard InChI is InChI=1S/C13H20.C11H14.C4H10.C3H8.C2H6.2CH3.Au/c1-9(2)12-7-6-8-13(10(3)4)11(12)5;1-7(2)9-5-4-6-10-8(3)11(9)10;1-3-4-2;1-3-2;1-2;;;/h6-10H,1-5H3;4-8H,1-3H3;3-4H2,1-2H3;3H2,1-2H3;1-2H3;2*1H3;/q;;;;;2*-1;. The van der Waals surface area contributed by atoms with E-state index in [1.807, 2.05) is 13.8 Å². The van der Waals surface area contributed by atoms with Gasteiger partial charge in [-0.2, -0.15) is 0 Å². The summed E-state index contributed by atoms with van der Waals surface area (Å²) in [6.45, 7) is 30.7. The van der Waals surface area contributed by atoms with E-state index in [1.165, 1.54) is 36.0 Å². The Hall–Kier alpha value is -0.820. The van der Waals surface area contributed by atoms with Crippen molar-refractivity contribution in [3.05, 3.63) is 84.6 Å². The van der Waals surface area contributed by atoms with E-state index in [4.69, 9.17) is 0 Å². The summed E-state index contributed by atoms with van der Waals surface area (Å²) in [6.07, 6.45) is 3.89. The summed E-state index contributed by atoms with van der Waals surface area (Å²) in [5.74, 6) is 2.72. The first-order valence-electron chi connectivity index (χ1n) is 13.8. The monoisotopic (exact) mass is 681 g/mol. The zero-order chi connectivity index (χ0) is 26.1. The Morgan fingerprint density at radius 2 is 0.944 bits per heavy atom. The molecule has 0 saturated heterocycles. The Labute approximate surface area is 246 Å². The van der Waals surface area contributed by atoms with Gasteiger partial charge in [0.15, 0.2) is 0 Å². The van der Waals surface area contributed by atoms with Crippen LogP contribution in [0.2, 0.25) is 0 Å². The van der Waals surface area contributed by atoms with Gasteiger partial charge in [-0.05, 0) is 58.1 Å². The second kappa shape index (κ2) is 25.8. The van der Waals surface area contributed by atoms with Crippen LogP contribution in [0.25, 0.3) is 0 Å². The fraction of sp³-hybridized carbons (Fsp3) is 0.600. The van der Waals surface area contributed by atoms with Crippen molar-refractivity contribution in [2.24, 2.45) is 0 Å². The van der Waals surface area contributed by atoms with Gasteiger partial charge in [-0.1, -0.05) is 146 Å². The first-order valence-corrected chi connectivity index (χ1v) is 13.8. The molecule has 0 nitrogen and oxygen atoms in total. The van der Waals surface area contributed by atoms with Gasteiger partial charge < -0.3 is 14.9 Å². The molecular weight excluding hydrogens is 617 g/mol. The molecule has 2 aromatic rings. The van der Waals surface area contributed by atoms with Gasteiger partial charge in [0, 0.05) is 28.3 Å². The van der Waals surface area contributed by atoms with Crippen molar-refractivity contribution in [2.75, 3.05) is 0 Å². The van der Waals surface area contributed by atoms with Crippen LogP contribution in [0.3, 0.4) is 0 Å². The summed E-state index contributed by atoms with van der Waals surface area (Å²) >= 11 is 0. The number of benzene rings is 2. The molecule has 3 rings (SSSR count). The molecule has 1 atom stereocenters. The number of fused-ring (bicyclic) bond motifs is 1. The SMILES string of the molecule is CC.CC(C)c1cccc2c1C2C.CCC.CCCC.Cc1c(C(C)C)cccc1C(C)C.[Au].[CH3-].[CH3-]. The molecule has 217 valence electrons. The predicted octanol–water partition coefficient (Wildman–Crippen LogP) is 12.7. The van der Waals surface area contributed by atoms with Gasteiger partial charge in [-0.15, -0.1) is 0 Å². The van der Waals surface area contributed by atoms with Crippen LogP contribution < -0.4 is 0 Å². The maximum atomic E-state index is 2.29. The van der Waals surface area contributed by atoms with E-state index in [0.717, 1.165) is 5.92 Å². The van der Waals surface area contributed by atoms with Crippen LogP contribution in [0, 0.1) is 21.8 Å². The summed E-state index contributed by atoms with van der Waals surface area (Å²) in [5, 5.41) is 0. The molecule has 1 heteroatoms. The molecule has 1 unspecified atom stereocenters. The summed E-state index contributed by atoms with van der Waals surface area (Å²) < 4.78 is 0. The molecule has 1 aliphatic carbocycles. The maximum absolute atomic E-state index is 2.29. The summed E-state index contributed by atoms with van der Waals surface area (Å²) in [4.78, 5) is 0. The maximum Gasteiger partial charge on any atom is 0.00698 e. The Morgan fingerprint density at radius 1 is 0.639 bits per heavy atom. The third kappa shape index (κ3) is 16.1. The van der Waals surface area contributed by atoms with Crippen LogP contribution in [0.5, 0.6) is 0 Å². The molecule has 0 N–H and O–H groups in total. The summed E-state index contributed by atoms with van der Waals surface area (Å²) in [6, 6.07) is 13.3. The topological polar surface area (TPSA) is 0 Å². The molecule has 0 heterocycles. The molecule has 0 bridgehead atoms. The Balaban J connectivity index is -0.000000127. The number of hydrogen-bond donors (Lipinski definition) is 0. The summed E-state index contributed by atoms with van der Waals surface area (Å²) in [5.41, 5.74) is 9.19. The van der Waals surface area contributed by atoms with E-state index in [9.17, 15) is 0 Å². The van der Waals surface area contributed by atoms with Gasteiger partial charge in [-0.3, -0.25) is 0 Å². The second-order valence-corrected chi connectivity index (χ2v) is 9.80. The van der Waals surface area contributed by atoms with Crippen LogP contribution >= 0.6 is 0 Å². The van der Waals surface area contributed by atoms with E-state index in [-0.39, 0.29) is 37.2 Å². The number of rotatable bonds is 4. The van der Waals surface area contributed by atoms with Gasteiger partial charge >= 0.3 is 0 Å². The van der Waals surface area contributed by atoms with Gasteiger partial charge in [0.2, 0.25) is 0 Å². The van der Waals surface area contributed by atoms with E-state index in [2.05, 4.69) is 119 Å². The molecule has 1 aliphatic rings. The third-order valence-electron chi connectivity index (χ3n) is 5.77. The Bertz CT molecular complexity index is 712. The minimum atomic E-state index is 0. The first-order chi connectivity index (χ1) is 15.6. The van der Waals surface area contributed by atoms with Crippen LogP contribution in [0.1, 0.15) is 166 Å². The van der Waals surface area contributed by atoms with Crippen molar-refractivity contribution >= 4 is 0 Å². The van der Waals surface area contributed by atoms with E-state index < -0.39 is 0 Å². The minimum absolute atomic E-state index is 0. The molecule has 0 aromatic heterocycles. The Kier molecular flexibility index (Phi) is 32.4. The fourth-order valence-electron chi connectivity index (χ4n) is 3.78. The zero-order valence-corrected chi connectivity index (χ0v) is 29.4. The fourth-order valence-corrected chi connectivity index (χ4v) is 3.78. The molecule has 2 aromatic carbocycles. The molecular formula is C35H64Au-2. The van der Waals surface area contributed by atoms with Crippen LogP contribution in [0.15, 0.2) is 36.4 Å². The van der Waals surface area contributed by atoms with Gasteiger partial charge in [0.25, 0.3) is 0 Å². The molecule has 0 aliphatic heterocycles. The van der Waals surface area contributed by atoms with Gasteiger partial charge in [-0.25, -0.2) is 0 Å². The van der Waals surface area contributed by atoms with Crippen molar-refractivity contribution in [3.63, 3.8) is 0 Å². The normalized spacial score (nSPS) is 11.8. The van der Waals surface area contributed by atoms with Gasteiger partial charge in [0.1, 0.15) is 0 Å². The molecule has 0 amide bonds. The molecule has 0 fully saturated rings.